The second kappa shape index (κ2) is 9.06. The summed E-state index contributed by atoms with van der Waals surface area (Å²) in [6, 6.07) is 5.27. The van der Waals surface area contributed by atoms with Crippen molar-refractivity contribution in [1.29, 1.82) is 0 Å². The zero-order chi connectivity index (χ0) is 21.0. The van der Waals surface area contributed by atoms with Gasteiger partial charge in [0.05, 0.1) is 6.54 Å². The molecular weight excluding hydrogens is 412 g/mol. The van der Waals surface area contributed by atoms with E-state index < -0.39 is 10.0 Å². The number of aryl methyl sites for hydroxylation is 1. The fraction of sp³-hybridized carbons (Fsp3) is 0.500. The predicted octanol–water partition coefficient (Wildman–Crippen LogP) is 1.43. The molecule has 1 aliphatic heterocycles. The number of nitrogens with zero attached hydrogens (tertiary/aromatic N) is 4. The number of nitrogens with one attached hydrogen (secondary N) is 2. The zero-order valence-electron chi connectivity index (χ0n) is 16.8. The Morgan fingerprint density at radius 3 is 2.59 bits per heavy atom. The molecule has 3 heterocycles. The zero-order valence-corrected chi connectivity index (χ0v) is 18.4. The molecule has 2 N–H and O–H groups in total. The molecule has 0 aliphatic carbocycles. The lowest BCUT2D eigenvalue weighted by Gasteiger charge is -2.34. The van der Waals surface area contributed by atoms with Gasteiger partial charge in [-0.3, -0.25) is 4.79 Å². The second-order valence-corrected chi connectivity index (χ2v) is 10.1. The first kappa shape index (κ1) is 21.5. The van der Waals surface area contributed by atoms with Crippen molar-refractivity contribution in [2.24, 2.45) is 0 Å². The Morgan fingerprint density at radius 1 is 1.21 bits per heavy atom. The van der Waals surface area contributed by atoms with Crippen LogP contribution in [0.15, 0.2) is 22.4 Å². The van der Waals surface area contributed by atoms with Crippen LogP contribution in [0.5, 0.6) is 0 Å². The highest BCUT2D eigenvalue weighted by molar-refractivity contribution is 7.91. The van der Waals surface area contributed by atoms with Crippen molar-refractivity contribution in [3.05, 3.63) is 28.8 Å². The number of thiophene rings is 1. The summed E-state index contributed by atoms with van der Waals surface area (Å²) >= 11 is 1.20. The summed E-state index contributed by atoms with van der Waals surface area (Å²) in [4.78, 5) is 22.8. The quantitative estimate of drug-likeness (QED) is 0.673. The first-order chi connectivity index (χ1) is 13.8. The number of carbonyl (C=O) groups excluding carboxylic acids is 1. The maximum Gasteiger partial charge on any atom is 0.252 e. The molecule has 3 rings (SSSR count). The maximum absolute atomic E-state index is 13.0. The van der Waals surface area contributed by atoms with Gasteiger partial charge in [0.25, 0.3) is 10.0 Å². The van der Waals surface area contributed by atoms with Gasteiger partial charge in [-0.05, 0) is 26.0 Å². The molecule has 0 bridgehead atoms. The van der Waals surface area contributed by atoms with Gasteiger partial charge in [0.2, 0.25) is 11.9 Å². The average Bonchev–Trinajstić information content (AvgIpc) is 3.16. The van der Waals surface area contributed by atoms with E-state index in [0.717, 1.165) is 22.9 Å². The van der Waals surface area contributed by atoms with E-state index in [1.165, 1.54) is 22.6 Å². The smallest absolute Gasteiger partial charge is 0.252 e. The fourth-order valence-corrected chi connectivity index (χ4v) is 5.91. The van der Waals surface area contributed by atoms with E-state index in [1.807, 2.05) is 19.9 Å². The molecule has 0 spiro atoms. The monoisotopic (exact) mass is 438 g/mol. The summed E-state index contributed by atoms with van der Waals surface area (Å²) in [5, 5.41) is 5.81. The van der Waals surface area contributed by atoms with Crippen LogP contribution in [-0.2, 0) is 21.4 Å². The van der Waals surface area contributed by atoms with E-state index in [0.29, 0.717) is 42.9 Å². The molecule has 29 heavy (non-hydrogen) atoms. The third-order valence-corrected chi connectivity index (χ3v) is 7.93. The molecule has 1 saturated heterocycles. The minimum atomic E-state index is -3.54. The van der Waals surface area contributed by atoms with Crippen molar-refractivity contribution in [3.8, 4) is 0 Å². The van der Waals surface area contributed by atoms with Crippen molar-refractivity contribution < 1.29 is 13.2 Å². The molecule has 2 aromatic heterocycles. The van der Waals surface area contributed by atoms with Crippen molar-refractivity contribution >= 4 is 39.0 Å². The number of carbonyl (C=O) groups is 1. The van der Waals surface area contributed by atoms with E-state index in [4.69, 9.17) is 0 Å². The van der Waals surface area contributed by atoms with E-state index >= 15 is 0 Å². The van der Waals surface area contributed by atoms with Crippen molar-refractivity contribution in [2.75, 3.05) is 42.9 Å². The molecule has 1 aliphatic rings. The number of hydrogen-bond acceptors (Lipinski definition) is 8. The van der Waals surface area contributed by atoms with Gasteiger partial charge in [-0.15, -0.1) is 11.3 Å². The number of anilines is 2. The molecular formula is C18H26N6O3S2. The SMILES string of the molecule is CCNc1nc(C)cc(N2CCN(S(=O)(=O)c3ccc(CNC(C)=O)s3)CC2)n1. The molecule has 2 aromatic rings. The van der Waals surface area contributed by atoms with Gasteiger partial charge >= 0.3 is 0 Å². The van der Waals surface area contributed by atoms with Gasteiger partial charge in [0.15, 0.2) is 0 Å². The van der Waals surface area contributed by atoms with Gasteiger partial charge < -0.3 is 15.5 Å². The summed E-state index contributed by atoms with van der Waals surface area (Å²) in [6.07, 6.45) is 0. The van der Waals surface area contributed by atoms with Crippen molar-refractivity contribution in [3.63, 3.8) is 0 Å². The molecule has 0 unspecified atom stereocenters. The van der Waals surface area contributed by atoms with Gasteiger partial charge in [-0.2, -0.15) is 9.29 Å². The fourth-order valence-electron chi connectivity index (χ4n) is 3.04. The topological polar surface area (TPSA) is 108 Å². The van der Waals surface area contributed by atoms with E-state index in [2.05, 4.69) is 25.5 Å². The normalized spacial score (nSPS) is 15.3. The van der Waals surface area contributed by atoms with Crippen LogP contribution in [-0.4, -0.2) is 61.3 Å². The molecule has 0 aromatic carbocycles. The number of rotatable bonds is 7. The molecule has 0 atom stereocenters. The summed E-state index contributed by atoms with van der Waals surface area (Å²) in [5.41, 5.74) is 0.867. The summed E-state index contributed by atoms with van der Waals surface area (Å²) in [5.74, 6) is 1.25. The Hall–Kier alpha value is -2.24. The average molecular weight is 439 g/mol. The lowest BCUT2D eigenvalue weighted by molar-refractivity contribution is -0.119. The Bertz CT molecular complexity index is 968. The first-order valence-electron chi connectivity index (χ1n) is 9.47. The number of sulfonamides is 1. The predicted molar refractivity (Wildman–Crippen MR) is 114 cm³/mol. The summed E-state index contributed by atoms with van der Waals surface area (Å²) in [6.45, 7) is 8.32. The largest absolute Gasteiger partial charge is 0.354 e. The van der Waals surface area contributed by atoms with Crippen LogP contribution in [0, 0.1) is 6.92 Å². The second-order valence-electron chi connectivity index (χ2n) is 6.74. The number of piperazine rings is 1. The number of amides is 1. The standard InChI is InChI=1S/C18H26N6O3S2/c1-4-19-18-21-13(2)11-16(22-18)23-7-9-24(10-8-23)29(26,27)17-6-5-15(28-17)12-20-14(3)25/h5-6,11H,4,7-10,12H2,1-3H3,(H,20,25)(H,19,21,22). The van der Waals surface area contributed by atoms with Crippen LogP contribution in [0.25, 0.3) is 0 Å². The molecule has 158 valence electrons. The molecule has 11 heteroatoms. The Morgan fingerprint density at radius 2 is 1.93 bits per heavy atom. The minimum Gasteiger partial charge on any atom is -0.354 e. The number of hydrogen-bond donors (Lipinski definition) is 2. The van der Waals surface area contributed by atoms with Gasteiger partial charge in [0, 0.05) is 56.3 Å². The third kappa shape index (κ3) is 5.22. The van der Waals surface area contributed by atoms with Gasteiger partial charge in [-0.25, -0.2) is 13.4 Å². The molecule has 0 radical (unpaired) electrons. The molecule has 0 saturated carbocycles. The van der Waals surface area contributed by atoms with E-state index in [-0.39, 0.29) is 5.91 Å². The van der Waals surface area contributed by atoms with Crippen molar-refractivity contribution in [2.45, 2.75) is 31.5 Å². The molecule has 1 fully saturated rings. The first-order valence-corrected chi connectivity index (χ1v) is 11.7. The molecule has 9 nitrogen and oxygen atoms in total. The maximum atomic E-state index is 13.0. The Labute approximate surface area is 175 Å². The highest BCUT2D eigenvalue weighted by atomic mass is 32.2. The third-order valence-electron chi connectivity index (χ3n) is 4.48. The van der Waals surface area contributed by atoms with Crippen LogP contribution >= 0.6 is 11.3 Å². The molecule has 1 amide bonds. The van der Waals surface area contributed by atoms with Crippen LogP contribution in [0.4, 0.5) is 11.8 Å². The highest BCUT2D eigenvalue weighted by Gasteiger charge is 2.30. The van der Waals surface area contributed by atoms with Crippen LogP contribution in [0.1, 0.15) is 24.4 Å². The lowest BCUT2D eigenvalue weighted by Crippen LogP contribution is -2.48. The summed E-state index contributed by atoms with van der Waals surface area (Å²) < 4.78 is 27.8. The summed E-state index contributed by atoms with van der Waals surface area (Å²) in [7, 11) is -3.54. The van der Waals surface area contributed by atoms with E-state index in [1.54, 1.807) is 12.1 Å². The lowest BCUT2D eigenvalue weighted by atomic mass is 10.3. The van der Waals surface area contributed by atoms with Gasteiger partial charge in [-0.1, -0.05) is 0 Å². The van der Waals surface area contributed by atoms with Crippen molar-refractivity contribution in [1.82, 2.24) is 19.6 Å². The van der Waals surface area contributed by atoms with Crippen LogP contribution in [0.2, 0.25) is 0 Å². The van der Waals surface area contributed by atoms with Gasteiger partial charge in [0.1, 0.15) is 10.0 Å². The highest BCUT2D eigenvalue weighted by Crippen LogP contribution is 2.26. The Balaban J connectivity index is 1.66. The Kier molecular flexibility index (Phi) is 6.70. The number of aromatic nitrogens is 2. The minimum absolute atomic E-state index is 0.142. The van der Waals surface area contributed by atoms with Crippen LogP contribution in [0.3, 0.4) is 0 Å². The van der Waals surface area contributed by atoms with Crippen LogP contribution < -0.4 is 15.5 Å². The van der Waals surface area contributed by atoms with E-state index in [9.17, 15) is 13.2 Å².